The van der Waals surface area contributed by atoms with Gasteiger partial charge in [-0.05, 0) is 61.5 Å². The van der Waals surface area contributed by atoms with Crippen LogP contribution >= 0.6 is 22.9 Å². The lowest BCUT2D eigenvalue weighted by Crippen LogP contribution is -2.37. The number of anilines is 1. The van der Waals surface area contributed by atoms with Crippen molar-refractivity contribution in [2.24, 2.45) is 0 Å². The second-order valence-electron chi connectivity index (χ2n) is 6.48. The zero-order valence-electron chi connectivity index (χ0n) is 15.5. The Bertz CT molecular complexity index is 1400. The summed E-state index contributed by atoms with van der Waals surface area (Å²) in [6.07, 6.45) is 0. The van der Waals surface area contributed by atoms with E-state index in [-0.39, 0.29) is 16.1 Å². The number of hydrogen-bond donors (Lipinski definition) is 0. The molecule has 3 aromatic carbocycles. The van der Waals surface area contributed by atoms with Gasteiger partial charge in [0.2, 0.25) is 0 Å². The van der Waals surface area contributed by atoms with Crippen LogP contribution in [0.1, 0.15) is 15.9 Å². The first-order valence-electron chi connectivity index (χ1n) is 8.71. The molecule has 0 aliphatic carbocycles. The molecule has 9 heteroatoms. The van der Waals surface area contributed by atoms with Crippen molar-refractivity contribution in [3.8, 4) is 0 Å². The molecule has 0 aliphatic rings. The summed E-state index contributed by atoms with van der Waals surface area (Å²) in [4.78, 5) is 24.3. The van der Waals surface area contributed by atoms with Crippen LogP contribution in [0.3, 0.4) is 0 Å². The van der Waals surface area contributed by atoms with Crippen LogP contribution in [0.2, 0.25) is 5.02 Å². The van der Waals surface area contributed by atoms with Crippen molar-refractivity contribution >= 4 is 54.8 Å². The number of rotatable bonds is 4. The fourth-order valence-corrected chi connectivity index (χ4v) is 5.11. The van der Waals surface area contributed by atoms with Crippen molar-refractivity contribution in [2.45, 2.75) is 11.8 Å². The Kier molecular flexibility index (Phi) is 5.23. The number of halogens is 1. The van der Waals surface area contributed by atoms with Crippen molar-refractivity contribution < 1.29 is 17.6 Å². The van der Waals surface area contributed by atoms with Crippen LogP contribution in [-0.4, -0.2) is 14.3 Å². The number of hydrogen-bond acceptors (Lipinski definition) is 6. The van der Waals surface area contributed by atoms with Crippen molar-refractivity contribution in [3.63, 3.8) is 0 Å². The lowest BCUT2D eigenvalue weighted by Gasteiger charge is -2.23. The molecular formula is C21H14ClNO5S2. The fraction of sp³-hybridized carbons (Fsp3) is 0.0476. The second-order valence-corrected chi connectivity index (χ2v) is 9.68. The minimum Gasteiger partial charge on any atom is -0.414 e. The molecule has 1 aromatic heterocycles. The molecule has 1 amide bonds. The van der Waals surface area contributed by atoms with Crippen LogP contribution in [0, 0.1) is 6.92 Å². The molecule has 0 saturated heterocycles. The molecule has 30 heavy (non-hydrogen) atoms. The average Bonchev–Trinajstić information content (AvgIpc) is 3.08. The molecule has 4 rings (SSSR count). The number of carbonyl (C=O) groups excluding carboxylic acids is 1. The highest BCUT2D eigenvalue weighted by Gasteiger charge is 2.32. The topological polar surface area (TPSA) is 84.7 Å². The summed E-state index contributed by atoms with van der Waals surface area (Å²) in [5.74, 6) is -0.748. The van der Waals surface area contributed by atoms with Crippen molar-refractivity contribution in [3.05, 3.63) is 92.6 Å². The summed E-state index contributed by atoms with van der Waals surface area (Å²) < 4.78 is 33.1. The van der Waals surface area contributed by atoms with Gasteiger partial charge in [0, 0.05) is 10.6 Å². The highest BCUT2D eigenvalue weighted by Crippen LogP contribution is 2.30. The number of benzene rings is 3. The third-order valence-electron chi connectivity index (χ3n) is 4.38. The molecule has 0 aliphatic heterocycles. The maximum atomic E-state index is 13.5. The first-order chi connectivity index (χ1) is 14.3. The molecule has 0 saturated carbocycles. The summed E-state index contributed by atoms with van der Waals surface area (Å²) in [6, 6.07) is 16.5. The van der Waals surface area contributed by atoms with Crippen LogP contribution in [0.5, 0.6) is 0 Å². The summed E-state index contributed by atoms with van der Waals surface area (Å²) >= 11 is 6.73. The Hall–Kier alpha value is -2.94. The lowest BCUT2D eigenvalue weighted by molar-refractivity contribution is 0.101. The zero-order valence-corrected chi connectivity index (χ0v) is 17.9. The average molecular weight is 460 g/mol. The molecule has 6 nitrogen and oxygen atoms in total. The predicted octanol–water partition coefficient (Wildman–Crippen LogP) is 4.85. The van der Waals surface area contributed by atoms with E-state index in [0.29, 0.717) is 15.3 Å². The van der Waals surface area contributed by atoms with E-state index in [1.165, 1.54) is 54.6 Å². The molecule has 1 heterocycles. The Morgan fingerprint density at radius 2 is 1.67 bits per heavy atom. The normalized spacial score (nSPS) is 11.5. The van der Waals surface area contributed by atoms with Crippen LogP contribution < -0.4 is 9.24 Å². The van der Waals surface area contributed by atoms with E-state index in [0.717, 1.165) is 21.2 Å². The van der Waals surface area contributed by atoms with E-state index >= 15 is 0 Å². The van der Waals surface area contributed by atoms with Gasteiger partial charge >= 0.3 is 4.94 Å². The molecule has 152 valence electrons. The summed E-state index contributed by atoms with van der Waals surface area (Å²) in [6.45, 7) is 1.84. The van der Waals surface area contributed by atoms with Gasteiger partial charge in [0.1, 0.15) is 5.58 Å². The summed E-state index contributed by atoms with van der Waals surface area (Å²) in [5, 5.41) is 0.420. The third-order valence-corrected chi connectivity index (χ3v) is 7.15. The molecule has 0 N–H and O–H groups in total. The Morgan fingerprint density at radius 3 is 2.33 bits per heavy atom. The molecule has 0 atom stereocenters. The van der Waals surface area contributed by atoms with Crippen LogP contribution in [0.4, 0.5) is 5.69 Å². The number of fused-ring (bicyclic) bond motifs is 1. The Balaban J connectivity index is 1.91. The fourth-order valence-electron chi connectivity index (χ4n) is 2.88. The molecule has 0 spiro atoms. The third kappa shape index (κ3) is 3.77. The maximum absolute atomic E-state index is 13.5. The maximum Gasteiger partial charge on any atom is 0.396 e. The van der Waals surface area contributed by atoms with Crippen LogP contribution in [0.25, 0.3) is 10.3 Å². The summed E-state index contributed by atoms with van der Waals surface area (Å²) in [5.41, 5.74) is 1.45. The Labute approximate surface area is 181 Å². The molecule has 4 aromatic rings. The second kappa shape index (κ2) is 7.71. The van der Waals surface area contributed by atoms with Gasteiger partial charge in [-0.1, -0.05) is 40.6 Å². The molecular weight excluding hydrogens is 446 g/mol. The number of nitrogens with zero attached hydrogens (tertiary/aromatic N) is 1. The largest absolute Gasteiger partial charge is 0.414 e. The number of sulfonamides is 1. The van der Waals surface area contributed by atoms with Gasteiger partial charge in [-0.15, -0.1) is 0 Å². The molecule has 0 radical (unpaired) electrons. The standard InChI is InChI=1S/C21H14ClNO5S2/c1-13-2-9-17(10-3-13)30(26,27)23(20(24)14-4-6-15(22)7-5-14)16-8-11-18-19(12-16)29-21(25)28-18/h2-12H,1H3. The number of carbonyl (C=O) groups is 1. The highest BCUT2D eigenvalue weighted by molar-refractivity contribution is 7.93. The SMILES string of the molecule is Cc1ccc(S(=O)(=O)N(C(=O)c2ccc(Cl)cc2)c2ccc3oc(=O)sc3c2)cc1. The van der Waals surface area contributed by atoms with Crippen LogP contribution in [-0.2, 0) is 10.0 Å². The minimum absolute atomic E-state index is 0.0316. The lowest BCUT2D eigenvalue weighted by atomic mass is 10.2. The van der Waals surface area contributed by atoms with Gasteiger partial charge in [0.25, 0.3) is 15.9 Å². The van der Waals surface area contributed by atoms with E-state index in [1.807, 2.05) is 6.92 Å². The number of amides is 1. The quantitative estimate of drug-likeness (QED) is 0.435. The minimum atomic E-state index is -4.24. The van der Waals surface area contributed by atoms with E-state index in [1.54, 1.807) is 12.1 Å². The predicted molar refractivity (Wildman–Crippen MR) is 117 cm³/mol. The first-order valence-corrected chi connectivity index (χ1v) is 11.3. The smallest absolute Gasteiger partial charge is 0.396 e. The van der Waals surface area contributed by atoms with Crippen LogP contribution in [0.15, 0.2) is 80.8 Å². The Morgan fingerprint density at radius 1 is 1.00 bits per heavy atom. The van der Waals surface area contributed by atoms with Gasteiger partial charge in [-0.25, -0.2) is 13.2 Å². The number of aryl methyl sites for hydroxylation is 1. The van der Waals surface area contributed by atoms with Crippen molar-refractivity contribution in [1.82, 2.24) is 0 Å². The van der Waals surface area contributed by atoms with Crippen molar-refractivity contribution in [2.75, 3.05) is 4.31 Å². The monoisotopic (exact) mass is 459 g/mol. The summed E-state index contributed by atoms with van der Waals surface area (Å²) in [7, 11) is -4.24. The van der Waals surface area contributed by atoms with E-state index in [9.17, 15) is 18.0 Å². The van der Waals surface area contributed by atoms with Gasteiger partial charge in [-0.3, -0.25) is 4.79 Å². The zero-order chi connectivity index (χ0) is 21.5. The van der Waals surface area contributed by atoms with E-state index in [4.69, 9.17) is 16.0 Å². The van der Waals surface area contributed by atoms with E-state index in [2.05, 4.69) is 0 Å². The van der Waals surface area contributed by atoms with Gasteiger partial charge < -0.3 is 4.42 Å². The molecule has 0 unspecified atom stereocenters. The highest BCUT2D eigenvalue weighted by atomic mass is 35.5. The molecule has 0 bridgehead atoms. The van der Waals surface area contributed by atoms with Crippen molar-refractivity contribution in [1.29, 1.82) is 0 Å². The molecule has 0 fully saturated rings. The van der Waals surface area contributed by atoms with Gasteiger partial charge in [0.05, 0.1) is 15.3 Å². The first kappa shape index (κ1) is 20.3. The van der Waals surface area contributed by atoms with Gasteiger partial charge in [0.15, 0.2) is 0 Å². The van der Waals surface area contributed by atoms with E-state index < -0.39 is 20.9 Å². The van der Waals surface area contributed by atoms with Gasteiger partial charge in [-0.2, -0.15) is 4.31 Å².